The Labute approximate surface area is 511 Å². The zero-order valence-corrected chi connectivity index (χ0v) is 56.8. The van der Waals surface area contributed by atoms with Crippen molar-refractivity contribution in [2.75, 3.05) is 28.4 Å². The van der Waals surface area contributed by atoms with E-state index in [2.05, 4.69) is 50.3 Å². The van der Waals surface area contributed by atoms with Gasteiger partial charge in [-0.25, -0.2) is 55.5 Å². The first-order chi connectivity index (χ1) is 40.2. The number of thiazole rings is 2. The maximum atomic E-state index is 14.2. The van der Waals surface area contributed by atoms with Crippen LogP contribution < -0.4 is 18.9 Å². The Bertz CT molecular complexity index is 3580. The molecule has 30 heteroatoms. The number of hydrogen-bond acceptors (Lipinski definition) is 22. The quantitative estimate of drug-likeness (QED) is 0.0571. The lowest BCUT2D eigenvalue weighted by molar-refractivity contribution is 0.171. The molecule has 2 aromatic carbocycles. The highest BCUT2D eigenvalue weighted by atomic mass is 32.2. The van der Waals surface area contributed by atoms with Crippen LogP contribution in [-0.4, -0.2) is 132 Å². The highest BCUT2D eigenvalue weighted by Gasteiger charge is 2.46. The van der Waals surface area contributed by atoms with E-state index in [0.29, 0.717) is 56.0 Å². The monoisotopic (exact) mass is 1300 g/mol. The number of para-hydroxylation sites is 2. The molecule has 22 nitrogen and oxygen atoms in total. The first kappa shape index (κ1) is 67.0. The Balaban J connectivity index is 0.000000246. The van der Waals surface area contributed by atoms with Crippen molar-refractivity contribution < 1.29 is 53.4 Å². The molecule has 0 unspecified atom stereocenters. The minimum atomic E-state index is -4.02. The van der Waals surface area contributed by atoms with Crippen LogP contribution in [0.5, 0.6) is 23.0 Å². The van der Waals surface area contributed by atoms with Crippen LogP contribution in [0.25, 0.3) is 33.0 Å². The fourth-order valence-electron chi connectivity index (χ4n) is 8.23. The first-order valence-electron chi connectivity index (χ1n) is 27.1. The second-order valence-electron chi connectivity index (χ2n) is 23.3. The molecule has 0 aliphatic heterocycles. The fourth-order valence-corrected chi connectivity index (χ4v) is 15.3. The van der Waals surface area contributed by atoms with Crippen LogP contribution >= 0.6 is 22.7 Å². The van der Waals surface area contributed by atoms with E-state index >= 15 is 0 Å². The van der Waals surface area contributed by atoms with Gasteiger partial charge in [0.1, 0.15) is 58.1 Å². The van der Waals surface area contributed by atoms with Gasteiger partial charge in [-0.3, -0.25) is 9.13 Å². The number of rotatable bonds is 22. The summed E-state index contributed by atoms with van der Waals surface area (Å²) in [6, 6.07) is 10.5. The molecule has 0 amide bonds. The van der Waals surface area contributed by atoms with Gasteiger partial charge in [-0.15, -0.1) is 43.1 Å². The van der Waals surface area contributed by atoms with Gasteiger partial charge < -0.3 is 27.8 Å². The lowest BCUT2D eigenvalue weighted by Gasteiger charge is -2.40. The molecule has 4 atom stereocenters. The molecule has 0 aliphatic carbocycles. The summed E-state index contributed by atoms with van der Waals surface area (Å²) in [5, 5.41) is 19.5. The predicted molar refractivity (Wildman–Crippen MR) is 331 cm³/mol. The Morgan fingerprint density at radius 1 is 0.535 bits per heavy atom. The highest BCUT2D eigenvalue weighted by Crippen LogP contribution is 2.45. The van der Waals surface area contributed by atoms with E-state index in [1.807, 2.05) is 92.3 Å². The van der Waals surface area contributed by atoms with Crippen LogP contribution in [-0.2, 0) is 40.0 Å². The molecule has 0 saturated heterocycles. The second-order valence-corrected chi connectivity index (χ2v) is 39.2. The molecule has 464 valence electrons. The van der Waals surface area contributed by atoms with Crippen molar-refractivity contribution in [2.24, 2.45) is 0 Å². The number of aromatic nitrogens is 12. The third-order valence-electron chi connectivity index (χ3n) is 15.2. The zero-order chi connectivity index (χ0) is 63.5. The van der Waals surface area contributed by atoms with Crippen molar-refractivity contribution in [1.82, 2.24) is 59.4 Å². The topological polar surface area (TPSA) is 262 Å². The lowest BCUT2D eigenvalue weighted by Crippen LogP contribution is -2.45. The van der Waals surface area contributed by atoms with Crippen molar-refractivity contribution in [3.8, 4) is 56.0 Å². The van der Waals surface area contributed by atoms with Gasteiger partial charge in [-0.1, -0.05) is 53.7 Å². The molecule has 0 spiro atoms. The summed E-state index contributed by atoms with van der Waals surface area (Å²) in [5.41, 5.74) is 2.45. The third kappa shape index (κ3) is 14.7. The van der Waals surface area contributed by atoms with E-state index in [4.69, 9.17) is 27.8 Å². The summed E-state index contributed by atoms with van der Waals surface area (Å²) in [6.07, 6.45) is 1.94. The van der Waals surface area contributed by atoms with Gasteiger partial charge in [0.25, 0.3) is 0 Å². The number of sulfone groups is 2. The second kappa shape index (κ2) is 26.4. The summed E-state index contributed by atoms with van der Waals surface area (Å²) in [4.78, 5) is 25.6. The van der Waals surface area contributed by atoms with Gasteiger partial charge in [0.15, 0.2) is 92.9 Å². The van der Waals surface area contributed by atoms with Gasteiger partial charge in [-0.2, -0.15) is 0 Å². The Morgan fingerprint density at radius 3 is 1.09 bits per heavy atom. The normalized spacial score (nSPS) is 14.0. The third-order valence-corrected chi connectivity index (χ3v) is 30.1. The molecule has 0 radical (unpaired) electrons. The minimum Gasteiger partial charge on any atom is -0.494 e. The largest absolute Gasteiger partial charge is 0.494 e. The molecule has 6 heterocycles. The number of halogens is 2. The van der Waals surface area contributed by atoms with E-state index in [0.717, 1.165) is 36.2 Å². The lowest BCUT2D eigenvalue weighted by atomic mass is 10.2. The van der Waals surface area contributed by atoms with Crippen LogP contribution in [0.15, 0.2) is 71.9 Å². The van der Waals surface area contributed by atoms with Crippen LogP contribution in [0, 0.1) is 25.5 Å². The van der Waals surface area contributed by atoms with Crippen molar-refractivity contribution in [2.45, 2.75) is 140 Å². The van der Waals surface area contributed by atoms with Crippen LogP contribution in [0.2, 0.25) is 36.3 Å². The first-order valence-corrected chi connectivity index (χ1v) is 38.1. The molecule has 8 aromatic rings. The summed E-state index contributed by atoms with van der Waals surface area (Å²) >= 11 is 2.72. The Hall–Kier alpha value is -6.55. The van der Waals surface area contributed by atoms with Gasteiger partial charge in [0, 0.05) is 22.1 Å². The average Bonchev–Trinajstić information content (AvgIpc) is 2.18. The molecule has 0 N–H and O–H groups in total. The SMILES string of the molecule is COc1cccc(OC)c1-n1c(CS(=O)(=O)[C@@H](C)[C@@H](O[Si](C)(C)C(C)(C)C)c2ncc(F)cn2)nnc1-c1nc(C)cs1.COc1cccc(OC)c1-n1c(CS(=O)(=O)[C@H](C)[C@H](O[Si](C)(C)C(C)(C)C)c2ncc(F)cn2)nnc1-c1nc(C)cs1. The van der Waals surface area contributed by atoms with E-state index in [-0.39, 0.29) is 33.4 Å². The van der Waals surface area contributed by atoms with Crippen molar-refractivity contribution >= 4 is 59.0 Å². The van der Waals surface area contributed by atoms with Gasteiger partial charge in [0.2, 0.25) is 0 Å². The molecule has 6 aromatic heterocycles. The standard InChI is InChI=1S/2C28H37FN6O5S2Si/c2*1-17-15-41-27(32-17)26-34-33-22(35(26)23-20(38-6)11-10-12-21(23)39-7)16-42(36,37)18(2)24(25-30-13-19(29)14-31-25)40-43(8,9)28(3,4)5/h2*10-15,18,24H,16H2,1-9H3/t2*18-,24+/m10/s1. The average molecular weight is 1300 g/mol. The van der Waals surface area contributed by atoms with E-state index < -0.39 is 82.2 Å². The van der Waals surface area contributed by atoms with E-state index in [1.54, 1.807) is 59.4 Å². The van der Waals surface area contributed by atoms with E-state index in [1.165, 1.54) is 51.1 Å². The maximum absolute atomic E-state index is 14.2. The summed E-state index contributed by atoms with van der Waals surface area (Å²) in [5.74, 6) is 0.566. The highest BCUT2D eigenvalue weighted by molar-refractivity contribution is 7.91. The maximum Gasteiger partial charge on any atom is 0.197 e. The molecule has 0 saturated carbocycles. The predicted octanol–water partition coefficient (Wildman–Crippen LogP) is 11.4. The van der Waals surface area contributed by atoms with Crippen molar-refractivity contribution in [3.63, 3.8) is 0 Å². The summed E-state index contributed by atoms with van der Waals surface area (Å²) in [6.45, 7) is 27.1. The molecule has 0 bridgehead atoms. The van der Waals surface area contributed by atoms with Crippen LogP contribution in [0.4, 0.5) is 8.78 Å². The number of methoxy groups -OCH3 is 4. The van der Waals surface area contributed by atoms with Gasteiger partial charge in [-0.05, 0) is 88.2 Å². The summed E-state index contributed by atoms with van der Waals surface area (Å²) < 4.78 is 123. The number of hydrogen-bond donors (Lipinski definition) is 0. The minimum absolute atomic E-state index is 0.0918. The summed E-state index contributed by atoms with van der Waals surface area (Å²) in [7, 11) is -7.06. The van der Waals surface area contributed by atoms with Gasteiger partial charge in [0.05, 0.1) is 63.7 Å². The zero-order valence-electron chi connectivity index (χ0n) is 51.5. The van der Waals surface area contributed by atoms with Crippen molar-refractivity contribution in [1.29, 1.82) is 0 Å². The molecule has 0 aliphatic rings. The molecule has 8 rings (SSSR count). The fraction of sp³-hybridized carbons (Fsp3) is 0.464. The molecule has 86 heavy (non-hydrogen) atoms. The van der Waals surface area contributed by atoms with Crippen molar-refractivity contribution in [3.05, 3.63) is 118 Å². The van der Waals surface area contributed by atoms with Crippen LogP contribution in [0.1, 0.15) is 102 Å². The Kier molecular flexibility index (Phi) is 20.6. The van der Waals surface area contributed by atoms with Gasteiger partial charge >= 0.3 is 0 Å². The number of benzene rings is 2. The number of nitrogens with zero attached hydrogens (tertiary/aromatic N) is 12. The molecular formula is C56H74F2N12O10S4Si2. The van der Waals surface area contributed by atoms with E-state index in [9.17, 15) is 25.6 Å². The van der Waals surface area contributed by atoms with Crippen LogP contribution in [0.3, 0.4) is 0 Å². The molecule has 0 fully saturated rings. The smallest absolute Gasteiger partial charge is 0.197 e. The number of aryl methyl sites for hydroxylation is 2. The molecular weight excluding hydrogens is 1220 g/mol. The Morgan fingerprint density at radius 2 is 0.837 bits per heavy atom. The number of ether oxygens (including phenoxy) is 4.